The molecule has 1 aliphatic heterocycles. The van der Waals surface area contributed by atoms with Gasteiger partial charge in [-0.15, -0.1) is 0 Å². The number of ether oxygens (including phenoxy) is 2. The zero-order chi connectivity index (χ0) is 8.27. The molecule has 66 valence electrons. The number of aliphatic hydroxyl groups excluding tert-OH is 1. The van der Waals surface area contributed by atoms with Gasteiger partial charge in [0.15, 0.2) is 0 Å². The van der Waals surface area contributed by atoms with Crippen molar-refractivity contribution in [2.24, 2.45) is 0 Å². The lowest BCUT2D eigenvalue weighted by atomic mass is 10.1. The Morgan fingerprint density at radius 3 is 2.91 bits per heavy atom. The molecular weight excluding hydrogens is 144 g/mol. The zero-order valence-corrected chi connectivity index (χ0v) is 7.12. The molecule has 1 N–H and O–H groups in total. The van der Waals surface area contributed by atoms with Crippen LogP contribution in [0, 0.1) is 0 Å². The van der Waals surface area contributed by atoms with E-state index in [0.717, 1.165) is 6.42 Å². The fourth-order valence-electron chi connectivity index (χ4n) is 1.47. The van der Waals surface area contributed by atoms with Gasteiger partial charge in [0, 0.05) is 13.0 Å². The predicted molar refractivity (Wildman–Crippen MR) is 41.5 cm³/mol. The molecule has 1 fully saturated rings. The van der Waals surface area contributed by atoms with Crippen LogP contribution in [0.5, 0.6) is 0 Å². The lowest BCUT2D eigenvalue weighted by molar-refractivity contribution is -0.0412. The van der Waals surface area contributed by atoms with E-state index < -0.39 is 0 Å². The minimum Gasteiger partial charge on any atom is -0.394 e. The molecule has 0 aromatic rings. The molecule has 0 aliphatic carbocycles. The maximum absolute atomic E-state index is 8.88. The van der Waals surface area contributed by atoms with Crippen molar-refractivity contribution in [2.75, 3.05) is 13.2 Å². The topological polar surface area (TPSA) is 38.7 Å². The second-order valence-electron chi connectivity index (χ2n) is 2.90. The third kappa shape index (κ3) is 2.15. The number of hydrogen-bond donors (Lipinski definition) is 1. The highest BCUT2D eigenvalue weighted by atomic mass is 16.6. The van der Waals surface area contributed by atoms with Crippen LogP contribution in [-0.4, -0.2) is 36.6 Å². The van der Waals surface area contributed by atoms with Crippen molar-refractivity contribution in [1.29, 1.82) is 0 Å². The van der Waals surface area contributed by atoms with E-state index in [1.165, 1.54) is 0 Å². The molecule has 3 heteroatoms. The molecule has 1 rings (SSSR count). The summed E-state index contributed by atoms with van der Waals surface area (Å²) in [7, 11) is 0. The van der Waals surface area contributed by atoms with Gasteiger partial charge in [-0.1, -0.05) is 0 Å². The monoisotopic (exact) mass is 160 g/mol. The van der Waals surface area contributed by atoms with Gasteiger partial charge in [-0.25, -0.2) is 0 Å². The van der Waals surface area contributed by atoms with Gasteiger partial charge < -0.3 is 14.6 Å². The second-order valence-corrected chi connectivity index (χ2v) is 2.90. The number of rotatable bonds is 3. The van der Waals surface area contributed by atoms with Crippen molar-refractivity contribution in [2.45, 2.75) is 38.6 Å². The Bertz CT molecular complexity index is 116. The summed E-state index contributed by atoms with van der Waals surface area (Å²) in [6.45, 7) is 4.71. The maximum Gasteiger partial charge on any atom is 0.107 e. The first-order valence-corrected chi connectivity index (χ1v) is 4.15. The van der Waals surface area contributed by atoms with Crippen LogP contribution >= 0.6 is 0 Å². The van der Waals surface area contributed by atoms with Crippen LogP contribution in [-0.2, 0) is 9.47 Å². The largest absolute Gasteiger partial charge is 0.394 e. The maximum atomic E-state index is 8.88. The highest BCUT2D eigenvalue weighted by molar-refractivity contribution is 4.80. The minimum atomic E-state index is -0.107. The van der Waals surface area contributed by atoms with Gasteiger partial charge >= 0.3 is 0 Å². The molecule has 11 heavy (non-hydrogen) atoms. The molecule has 0 bridgehead atoms. The SMILES string of the molecule is CCOC1CC(C)OC1CO. The molecule has 1 saturated heterocycles. The first kappa shape index (κ1) is 8.97. The average molecular weight is 160 g/mol. The molecule has 0 aromatic heterocycles. The third-order valence-corrected chi connectivity index (χ3v) is 1.95. The van der Waals surface area contributed by atoms with Gasteiger partial charge in [0.25, 0.3) is 0 Å². The van der Waals surface area contributed by atoms with Crippen molar-refractivity contribution in [3.05, 3.63) is 0 Å². The minimum absolute atomic E-state index is 0.0645. The van der Waals surface area contributed by atoms with Crippen LogP contribution in [0.15, 0.2) is 0 Å². The van der Waals surface area contributed by atoms with Crippen LogP contribution < -0.4 is 0 Å². The zero-order valence-electron chi connectivity index (χ0n) is 7.12. The van der Waals surface area contributed by atoms with Gasteiger partial charge in [-0.05, 0) is 13.8 Å². The molecule has 3 nitrogen and oxygen atoms in total. The van der Waals surface area contributed by atoms with Crippen LogP contribution in [0.1, 0.15) is 20.3 Å². The van der Waals surface area contributed by atoms with E-state index in [-0.39, 0.29) is 24.9 Å². The van der Waals surface area contributed by atoms with Gasteiger partial charge in [0.1, 0.15) is 6.10 Å². The number of hydrogen-bond acceptors (Lipinski definition) is 3. The van der Waals surface area contributed by atoms with E-state index in [0.29, 0.717) is 6.61 Å². The normalized spacial score (nSPS) is 37.9. The van der Waals surface area contributed by atoms with E-state index >= 15 is 0 Å². The van der Waals surface area contributed by atoms with Crippen LogP contribution in [0.25, 0.3) is 0 Å². The fraction of sp³-hybridized carbons (Fsp3) is 1.00. The lowest BCUT2D eigenvalue weighted by Gasteiger charge is -2.15. The summed E-state index contributed by atoms with van der Waals surface area (Å²) < 4.78 is 10.8. The Morgan fingerprint density at radius 1 is 1.64 bits per heavy atom. The molecule has 0 aromatic carbocycles. The Labute approximate surface area is 67.3 Å². The summed E-state index contributed by atoms with van der Waals surface area (Å²) in [5.74, 6) is 0. The highest BCUT2D eigenvalue weighted by Crippen LogP contribution is 2.22. The third-order valence-electron chi connectivity index (χ3n) is 1.95. The molecule has 3 unspecified atom stereocenters. The summed E-state index contributed by atoms with van der Waals surface area (Å²) in [4.78, 5) is 0. The molecule has 0 saturated carbocycles. The molecule has 0 spiro atoms. The van der Waals surface area contributed by atoms with E-state index in [1.54, 1.807) is 0 Å². The van der Waals surface area contributed by atoms with E-state index in [4.69, 9.17) is 14.6 Å². The molecule has 1 aliphatic rings. The van der Waals surface area contributed by atoms with Crippen molar-refractivity contribution < 1.29 is 14.6 Å². The van der Waals surface area contributed by atoms with Crippen molar-refractivity contribution in [3.63, 3.8) is 0 Å². The van der Waals surface area contributed by atoms with E-state index in [9.17, 15) is 0 Å². The Kier molecular flexibility index (Phi) is 3.30. The van der Waals surface area contributed by atoms with Crippen molar-refractivity contribution >= 4 is 0 Å². The van der Waals surface area contributed by atoms with Gasteiger partial charge in [-0.3, -0.25) is 0 Å². The number of aliphatic hydroxyl groups is 1. The van der Waals surface area contributed by atoms with E-state index in [1.807, 2.05) is 13.8 Å². The predicted octanol–water partition coefficient (Wildman–Crippen LogP) is 0.561. The van der Waals surface area contributed by atoms with Gasteiger partial charge in [-0.2, -0.15) is 0 Å². The Morgan fingerprint density at radius 2 is 2.36 bits per heavy atom. The van der Waals surface area contributed by atoms with Crippen molar-refractivity contribution in [1.82, 2.24) is 0 Å². The first-order valence-electron chi connectivity index (χ1n) is 4.15. The second kappa shape index (κ2) is 4.04. The Hall–Kier alpha value is -0.120. The summed E-state index contributed by atoms with van der Waals surface area (Å²) in [6.07, 6.45) is 1.12. The summed E-state index contributed by atoms with van der Waals surface area (Å²) >= 11 is 0. The first-order chi connectivity index (χ1) is 5.27. The van der Waals surface area contributed by atoms with Crippen LogP contribution in [0.2, 0.25) is 0 Å². The van der Waals surface area contributed by atoms with Gasteiger partial charge in [0.2, 0.25) is 0 Å². The average Bonchev–Trinajstić information content (AvgIpc) is 2.32. The summed E-state index contributed by atoms with van der Waals surface area (Å²) in [5, 5.41) is 8.88. The smallest absolute Gasteiger partial charge is 0.107 e. The standard InChI is InChI=1S/C8H16O3/c1-3-10-7-4-6(2)11-8(7)5-9/h6-9H,3-5H2,1-2H3. The van der Waals surface area contributed by atoms with Gasteiger partial charge in [0.05, 0.1) is 18.8 Å². The van der Waals surface area contributed by atoms with Crippen LogP contribution in [0.4, 0.5) is 0 Å². The summed E-state index contributed by atoms with van der Waals surface area (Å²) in [6, 6.07) is 0. The van der Waals surface area contributed by atoms with Crippen LogP contribution in [0.3, 0.4) is 0 Å². The highest BCUT2D eigenvalue weighted by Gasteiger charge is 2.32. The molecular formula is C8H16O3. The van der Waals surface area contributed by atoms with Crippen molar-refractivity contribution in [3.8, 4) is 0 Å². The van der Waals surface area contributed by atoms with E-state index in [2.05, 4.69) is 0 Å². The quantitative estimate of drug-likeness (QED) is 0.655. The molecule has 3 atom stereocenters. The molecule has 1 heterocycles. The molecule has 0 amide bonds. The Balaban J connectivity index is 2.37. The molecule has 0 radical (unpaired) electrons. The summed E-state index contributed by atoms with van der Waals surface area (Å²) in [5.41, 5.74) is 0. The lowest BCUT2D eigenvalue weighted by Crippen LogP contribution is -2.27. The fourth-order valence-corrected chi connectivity index (χ4v) is 1.47.